The fourth-order valence-corrected chi connectivity index (χ4v) is 3.90. The lowest BCUT2D eigenvalue weighted by Gasteiger charge is -2.22. The van der Waals surface area contributed by atoms with Crippen LogP contribution in [0.4, 0.5) is 0 Å². The van der Waals surface area contributed by atoms with Crippen molar-refractivity contribution in [3.63, 3.8) is 0 Å². The van der Waals surface area contributed by atoms with Crippen molar-refractivity contribution in [2.24, 2.45) is 0 Å². The van der Waals surface area contributed by atoms with Crippen molar-refractivity contribution < 1.29 is 19.1 Å². The van der Waals surface area contributed by atoms with Gasteiger partial charge in [0.2, 0.25) is 0 Å². The van der Waals surface area contributed by atoms with Crippen molar-refractivity contribution in [2.45, 2.75) is 26.6 Å². The molecule has 1 aromatic carbocycles. The Morgan fingerprint density at radius 1 is 1.00 bits per heavy atom. The Morgan fingerprint density at radius 2 is 1.53 bits per heavy atom. The fraction of sp³-hybridized carbons (Fsp3) is 0.429. The third-order valence-corrected chi connectivity index (χ3v) is 5.18. The second kappa shape index (κ2) is 5.57. The van der Waals surface area contributed by atoms with Gasteiger partial charge in [-0.1, -0.05) is 24.8 Å². The highest BCUT2D eigenvalue weighted by Crippen LogP contribution is 2.16. The molecule has 0 unspecified atom stereocenters. The summed E-state index contributed by atoms with van der Waals surface area (Å²) in [4.78, 5) is 23.5. The first-order valence-electron chi connectivity index (χ1n) is 6.04. The number of hydrogen-bond donors (Lipinski definition) is 0. The van der Waals surface area contributed by atoms with Crippen molar-refractivity contribution in [1.82, 2.24) is 0 Å². The summed E-state index contributed by atoms with van der Waals surface area (Å²) in [7, 11) is 0.988. The van der Waals surface area contributed by atoms with Crippen LogP contribution in [0.25, 0.3) is 0 Å². The Kier molecular flexibility index (Phi) is 4.52. The van der Waals surface area contributed by atoms with Crippen LogP contribution in [0.15, 0.2) is 12.1 Å². The normalized spacial score (nSPS) is 11.1. The number of benzene rings is 1. The molecule has 0 saturated heterocycles. The number of methoxy groups -OCH3 is 2. The highest BCUT2D eigenvalue weighted by Gasteiger charge is 2.25. The van der Waals surface area contributed by atoms with E-state index < -0.39 is 20.0 Å². The van der Waals surface area contributed by atoms with Gasteiger partial charge in [-0.15, -0.1) is 0 Å². The molecule has 0 radical (unpaired) electrons. The minimum absolute atomic E-state index is 0.394. The van der Waals surface area contributed by atoms with Crippen molar-refractivity contribution in [1.29, 1.82) is 0 Å². The van der Waals surface area contributed by atoms with Gasteiger partial charge in [-0.3, -0.25) is 0 Å². The summed E-state index contributed by atoms with van der Waals surface area (Å²) in [6, 6.07) is 3.37. The van der Waals surface area contributed by atoms with Crippen molar-refractivity contribution in [3.05, 3.63) is 28.8 Å². The standard InChI is InChI=1S/C14H20O4Si/c1-9-11(14(16)18-3)7-10(13(15)17-2)8-12(9)19(4,5)6/h7-8H,1-6H3. The zero-order valence-electron chi connectivity index (χ0n) is 12.3. The molecule has 0 bridgehead atoms. The summed E-state index contributed by atoms with van der Waals surface area (Å²) in [5.74, 6) is -0.868. The van der Waals surface area contributed by atoms with Crippen LogP contribution >= 0.6 is 0 Å². The molecule has 5 heteroatoms. The van der Waals surface area contributed by atoms with Crippen LogP contribution in [0.2, 0.25) is 19.6 Å². The molecule has 19 heavy (non-hydrogen) atoms. The lowest BCUT2D eigenvalue weighted by Crippen LogP contribution is -2.41. The number of ether oxygens (including phenoxy) is 2. The third kappa shape index (κ3) is 3.23. The molecule has 0 fully saturated rings. The Bertz CT molecular complexity index is 515. The van der Waals surface area contributed by atoms with Gasteiger partial charge in [0.15, 0.2) is 0 Å². The van der Waals surface area contributed by atoms with Crippen molar-refractivity contribution in [2.75, 3.05) is 14.2 Å². The molecule has 0 heterocycles. The maximum Gasteiger partial charge on any atom is 0.338 e. The maximum absolute atomic E-state index is 11.8. The van der Waals surface area contributed by atoms with Crippen LogP contribution < -0.4 is 5.19 Å². The van der Waals surface area contributed by atoms with E-state index >= 15 is 0 Å². The quantitative estimate of drug-likeness (QED) is 0.628. The van der Waals surface area contributed by atoms with E-state index in [0.717, 1.165) is 10.8 Å². The number of carbonyl (C=O) groups is 2. The van der Waals surface area contributed by atoms with Crippen LogP contribution in [0.1, 0.15) is 26.3 Å². The summed E-state index contributed by atoms with van der Waals surface area (Å²) in [6.45, 7) is 8.38. The summed E-state index contributed by atoms with van der Waals surface area (Å²) >= 11 is 0. The first-order chi connectivity index (χ1) is 8.72. The topological polar surface area (TPSA) is 52.6 Å². The largest absolute Gasteiger partial charge is 0.465 e. The van der Waals surface area contributed by atoms with Gasteiger partial charge in [0.1, 0.15) is 0 Å². The molecule has 0 saturated carbocycles. The van der Waals surface area contributed by atoms with Crippen molar-refractivity contribution >= 4 is 25.2 Å². The number of esters is 2. The van der Waals surface area contributed by atoms with E-state index in [1.165, 1.54) is 20.3 Å². The second-order valence-electron chi connectivity index (χ2n) is 5.43. The van der Waals surface area contributed by atoms with E-state index in [4.69, 9.17) is 9.47 Å². The molecule has 0 atom stereocenters. The Morgan fingerprint density at radius 3 is 1.95 bits per heavy atom. The zero-order chi connectivity index (χ0) is 14.8. The second-order valence-corrected chi connectivity index (χ2v) is 10.5. The van der Waals surface area contributed by atoms with Crippen LogP contribution in [-0.4, -0.2) is 34.2 Å². The average Bonchev–Trinajstić information content (AvgIpc) is 2.35. The molecule has 0 aliphatic heterocycles. The van der Waals surface area contributed by atoms with Gasteiger partial charge < -0.3 is 9.47 Å². The van der Waals surface area contributed by atoms with Crippen LogP contribution in [-0.2, 0) is 9.47 Å². The zero-order valence-corrected chi connectivity index (χ0v) is 13.3. The van der Waals surface area contributed by atoms with Crippen LogP contribution in [0, 0.1) is 6.92 Å². The fourth-order valence-electron chi connectivity index (χ4n) is 2.05. The van der Waals surface area contributed by atoms with Gasteiger partial charge in [-0.25, -0.2) is 9.59 Å². The van der Waals surface area contributed by atoms with Gasteiger partial charge in [0.25, 0.3) is 0 Å². The van der Waals surface area contributed by atoms with Crippen LogP contribution in [0.3, 0.4) is 0 Å². The van der Waals surface area contributed by atoms with Crippen LogP contribution in [0.5, 0.6) is 0 Å². The van der Waals surface area contributed by atoms with Gasteiger partial charge >= 0.3 is 11.9 Å². The van der Waals surface area contributed by atoms with Gasteiger partial charge in [0, 0.05) is 0 Å². The molecule has 0 spiro atoms. The molecular weight excluding hydrogens is 260 g/mol. The molecule has 0 N–H and O–H groups in total. The van der Waals surface area contributed by atoms with E-state index in [0.29, 0.717) is 11.1 Å². The molecule has 0 amide bonds. The summed E-state index contributed by atoms with van der Waals surface area (Å²) < 4.78 is 9.51. The number of carbonyl (C=O) groups excluding carboxylic acids is 2. The molecular formula is C14H20O4Si. The minimum atomic E-state index is -1.67. The first kappa shape index (κ1) is 15.4. The van der Waals surface area contributed by atoms with E-state index in [1.54, 1.807) is 0 Å². The molecule has 0 aromatic heterocycles. The van der Waals surface area contributed by atoms with Gasteiger partial charge in [0.05, 0.1) is 33.4 Å². The Balaban J connectivity index is 3.56. The van der Waals surface area contributed by atoms with E-state index in [1.807, 2.05) is 13.0 Å². The summed E-state index contributed by atoms with van der Waals surface area (Å²) in [6.07, 6.45) is 0. The molecule has 1 rings (SSSR count). The Labute approximate surface area is 114 Å². The lowest BCUT2D eigenvalue weighted by atomic mass is 10.0. The molecule has 104 valence electrons. The maximum atomic E-state index is 11.8. The highest BCUT2D eigenvalue weighted by molar-refractivity contribution is 6.89. The highest BCUT2D eigenvalue weighted by atomic mass is 28.3. The van der Waals surface area contributed by atoms with Gasteiger partial charge in [-0.2, -0.15) is 0 Å². The number of hydrogen-bond acceptors (Lipinski definition) is 4. The summed E-state index contributed by atoms with van der Waals surface area (Å²) in [5.41, 5.74) is 1.72. The van der Waals surface area contributed by atoms with E-state index in [9.17, 15) is 9.59 Å². The summed E-state index contributed by atoms with van der Waals surface area (Å²) in [5, 5.41) is 1.07. The SMILES string of the molecule is COC(=O)c1cc(C(=O)OC)c(C)c([Si](C)(C)C)c1. The first-order valence-corrected chi connectivity index (χ1v) is 9.54. The predicted molar refractivity (Wildman–Crippen MR) is 76.8 cm³/mol. The lowest BCUT2D eigenvalue weighted by molar-refractivity contribution is 0.0599. The van der Waals surface area contributed by atoms with Gasteiger partial charge in [-0.05, 0) is 24.6 Å². The smallest absolute Gasteiger partial charge is 0.338 e. The average molecular weight is 280 g/mol. The minimum Gasteiger partial charge on any atom is -0.465 e. The molecule has 0 aliphatic carbocycles. The van der Waals surface area contributed by atoms with Crippen molar-refractivity contribution in [3.8, 4) is 0 Å². The third-order valence-electron chi connectivity index (χ3n) is 3.04. The van der Waals surface area contributed by atoms with E-state index in [-0.39, 0.29) is 0 Å². The number of rotatable bonds is 3. The molecule has 4 nitrogen and oxygen atoms in total. The van der Waals surface area contributed by atoms with E-state index in [2.05, 4.69) is 19.6 Å². The Hall–Kier alpha value is -1.62. The molecule has 1 aromatic rings. The monoisotopic (exact) mass is 280 g/mol. The molecule has 0 aliphatic rings. The predicted octanol–water partition coefficient (Wildman–Crippen LogP) is 2.11.